The molecule has 0 heterocycles. The smallest absolute Gasteiger partial charge is 0.123 e. The summed E-state index contributed by atoms with van der Waals surface area (Å²) < 4.78 is 12.7. The lowest BCUT2D eigenvalue weighted by atomic mass is 10.2. The van der Waals surface area contributed by atoms with Crippen molar-refractivity contribution in [2.75, 3.05) is 6.54 Å². The lowest BCUT2D eigenvalue weighted by Crippen LogP contribution is -2.32. The molecule has 0 aliphatic rings. The average Bonchev–Trinajstić information content (AvgIpc) is 2.14. The van der Waals surface area contributed by atoms with E-state index in [4.69, 9.17) is 5.73 Å². The first-order chi connectivity index (χ1) is 6.22. The Morgan fingerprint density at radius 1 is 1.54 bits per heavy atom. The molecule has 1 unspecified atom stereocenters. The molecule has 0 radical (unpaired) electrons. The Hall–Kier alpha value is -0.930. The van der Waals surface area contributed by atoms with E-state index in [2.05, 4.69) is 5.32 Å². The molecule has 0 aliphatic heterocycles. The standard InChI is InChI=1S/C10H15FN2/c1-8(6-12)13-7-9-3-2-4-10(11)5-9/h2-5,8,13H,6-7,12H2,1H3. The summed E-state index contributed by atoms with van der Waals surface area (Å²) in [5.41, 5.74) is 6.37. The van der Waals surface area contributed by atoms with E-state index in [1.807, 2.05) is 13.0 Å². The van der Waals surface area contributed by atoms with Crippen LogP contribution < -0.4 is 11.1 Å². The molecule has 2 nitrogen and oxygen atoms in total. The summed E-state index contributed by atoms with van der Waals surface area (Å²) in [4.78, 5) is 0. The number of benzene rings is 1. The average molecular weight is 182 g/mol. The minimum absolute atomic E-state index is 0.195. The molecular formula is C10H15FN2. The van der Waals surface area contributed by atoms with Gasteiger partial charge in [0.2, 0.25) is 0 Å². The first kappa shape index (κ1) is 10.2. The predicted octanol–water partition coefficient (Wildman–Crippen LogP) is 1.26. The molecule has 0 aliphatic carbocycles. The summed E-state index contributed by atoms with van der Waals surface area (Å²) in [5, 5.41) is 3.18. The fourth-order valence-corrected chi connectivity index (χ4v) is 1.02. The Morgan fingerprint density at radius 3 is 2.92 bits per heavy atom. The zero-order valence-electron chi connectivity index (χ0n) is 7.76. The van der Waals surface area contributed by atoms with Crippen LogP contribution in [0.4, 0.5) is 4.39 Å². The summed E-state index contributed by atoms with van der Waals surface area (Å²) in [7, 11) is 0. The quantitative estimate of drug-likeness (QED) is 0.735. The van der Waals surface area contributed by atoms with Gasteiger partial charge in [0.05, 0.1) is 0 Å². The van der Waals surface area contributed by atoms with Crippen molar-refractivity contribution in [1.82, 2.24) is 5.32 Å². The molecule has 1 aromatic carbocycles. The highest BCUT2D eigenvalue weighted by Gasteiger charge is 1.98. The van der Waals surface area contributed by atoms with Crippen LogP contribution in [0.25, 0.3) is 0 Å². The van der Waals surface area contributed by atoms with Crippen LogP contribution in [0.3, 0.4) is 0 Å². The van der Waals surface area contributed by atoms with Gasteiger partial charge in [-0.05, 0) is 24.6 Å². The summed E-state index contributed by atoms with van der Waals surface area (Å²) in [6, 6.07) is 6.83. The molecule has 3 heteroatoms. The van der Waals surface area contributed by atoms with Gasteiger partial charge in [0, 0.05) is 19.1 Å². The number of hydrogen-bond donors (Lipinski definition) is 2. The minimum Gasteiger partial charge on any atom is -0.329 e. The van der Waals surface area contributed by atoms with E-state index in [1.54, 1.807) is 6.07 Å². The van der Waals surface area contributed by atoms with Gasteiger partial charge in [0.25, 0.3) is 0 Å². The Bertz CT molecular complexity index is 263. The molecule has 0 bridgehead atoms. The Balaban J connectivity index is 2.45. The van der Waals surface area contributed by atoms with Crippen LogP contribution in [0.1, 0.15) is 12.5 Å². The molecule has 0 spiro atoms. The highest BCUT2D eigenvalue weighted by molar-refractivity contribution is 5.15. The maximum Gasteiger partial charge on any atom is 0.123 e. The summed E-state index contributed by atoms with van der Waals surface area (Å²) in [5.74, 6) is -0.195. The molecule has 0 amide bonds. The molecule has 1 rings (SSSR count). The summed E-state index contributed by atoms with van der Waals surface area (Å²) in [6.07, 6.45) is 0. The summed E-state index contributed by atoms with van der Waals surface area (Å²) in [6.45, 7) is 3.25. The molecule has 13 heavy (non-hydrogen) atoms. The highest BCUT2D eigenvalue weighted by Crippen LogP contribution is 2.02. The van der Waals surface area contributed by atoms with E-state index >= 15 is 0 Å². The van der Waals surface area contributed by atoms with Gasteiger partial charge in [-0.25, -0.2) is 4.39 Å². The maximum absolute atomic E-state index is 12.7. The van der Waals surface area contributed by atoms with Crippen molar-refractivity contribution in [3.8, 4) is 0 Å². The molecule has 1 aromatic rings. The van der Waals surface area contributed by atoms with Crippen LogP contribution in [0.15, 0.2) is 24.3 Å². The van der Waals surface area contributed by atoms with Gasteiger partial charge in [-0.2, -0.15) is 0 Å². The van der Waals surface area contributed by atoms with E-state index in [0.29, 0.717) is 13.1 Å². The predicted molar refractivity (Wildman–Crippen MR) is 51.8 cm³/mol. The van der Waals surface area contributed by atoms with Crippen molar-refractivity contribution < 1.29 is 4.39 Å². The van der Waals surface area contributed by atoms with E-state index in [1.165, 1.54) is 12.1 Å². The van der Waals surface area contributed by atoms with Crippen molar-refractivity contribution in [3.63, 3.8) is 0 Å². The van der Waals surface area contributed by atoms with Crippen molar-refractivity contribution in [3.05, 3.63) is 35.6 Å². The molecule has 0 saturated heterocycles. The van der Waals surface area contributed by atoms with Gasteiger partial charge in [-0.1, -0.05) is 12.1 Å². The number of halogens is 1. The van der Waals surface area contributed by atoms with Crippen LogP contribution >= 0.6 is 0 Å². The molecule has 0 saturated carbocycles. The van der Waals surface area contributed by atoms with Gasteiger partial charge in [0.15, 0.2) is 0 Å². The first-order valence-electron chi connectivity index (χ1n) is 4.40. The molecule has 1 atom stereocenters. The first-order valence-corrected chi connectivity index (χ1v) is 4.40. The van der Waals surface area contributed by atoms with Crippen molar-refractivity contribution in [1.29, 1.82) is 0 Å². The van der Waals surface area contributed by atoms with Gasteiger partial charge in [-0.15, -0.1) is 0 Å². The second kappa shape index (κ2) is 4.94. The topological polar surface area (TPSA) is 38.0 Å². The van der Waals surface area contributed by atoms with E-state index < -0.39 is 0 Å². The fraction of sp³-hybridized carbons (Fsp3) is 0.400. The number of nitrogens with two attached hydrogens (primary N) is 1. The zero-order valence-corrected chi connectivity index (χ0v) is 7.76. The normalized spacial score (nSPS) is 12.8. The fourth-order valence-electron chi connectivity index (χ4n) is 1.02. The zero-order chi connectivity index (χ0) is 9.68. The number of hydrogen-bond acceptors (Lipinski definition) is 2. The van der Waals surface area contributed by atoms with Crippen LogP contribution in [0.2, 0.25) is 0 Å². The lowest BCUT2D eigenvalue weighted by Gasteiger charge is -2.10. The van der Waals surface area contributed by atoms with Gasteiger partial charge < -0.3 is 11.1 Å². The second-order valence-electron chi connectivity index (χ2n) is 3.15. The van der Waals surface area contributed by atoms with E-state index in [9.17, 15) is 4.39 Å². The highest BCUT2D eigenvalue weighted by atomic mass is 19.1. The van der Waals surface area contributed by atoms with Gasteiger partial charge in [0.1, 0.15) is 5.82 Å². The van der Waals surface area contributed by atoms with Crippen LogP contribution in [0, 0.1) is 5.82 Å². The maximum atomic E-state index is 12.7. The lowest BCUT2D eigenvalue weighted by molar-refractivity contribution is 0.553. The largest absolute Gasteiger partial charge is 0.329 e. The number of nitrogens with one attached hydrogen (secondary N) is 1. The molecule has 72 valence electrons. The van der Waals surface area contributed by atoms with Gasteiger partial charge >= 0.3 is 0 Å². The third-order valence-corrected chi connectivity index (χ3v) is 1.90. The monoisotopic (exact) mass is 182 g/mol. The van der Waals surface area contributed by atoms with Crippen LogP contribution in [-0.2, 0) is 6.54 Å². The SMILES string of the molecule is CC(CN)NCc1cccc(F)c1. The second-order valence-corrected chi connectivity index (χ2v) is 3.15. The third-order valence-electron chi connectivity index (χ3n) is 1.90. The van der Waals surface area contributed by atoms with Gasteiger partial charge in [-0.3, -0.25) is 0 Å². The van der Waals surface area contributed by atoms with E-state index in [-0.39, 0.29) is 11.9 Å². The van der Waals surface area contributed by atoms with Crippen molar-refractivity contribution in [2.45, 2.75) is 19.5 Å². The Kier molecular flexibility index (Phi) is 3.86. The van der Waals surface area contributed by atoms with Crippen molar-refractivity contribution >= 4 is 0 Å². The van der Waals surface area contributed by atoms with Crippen LogP contribution in [0.5, 0.6) is 0 Å². The number of rotatable bonds is 4. The summed E-state index contributed by atoms with van der Waals surface area (Å²) >= 11 is 0. The van der Waals surface area contributed by atoms with E-state index in [0.717, 1.165) is 5.56 Å². The Labute approximate surface area is 77.9 Å². The Morgan fingerprint density at radius 2 is 2.31 bits per heavy atom. The third kappa shape index (κ3) is 3.53. The molecule has 0 fully saturated rings. The van der Waals surface area contributed by atoms with Crippen molar-refractivity contribution in [2.24, 2.45) is 5.73 Å². The molecular weight excluding hydrogens is 167 g/mol. The van der Waals surface area contributed by atoms with Crippen LogP contribution in [-0.4, -0.2) is 12.6 Å². The molecule has 0 aromatic heterocycles. The molecule has 3 N–H and O–H groups in total. The minimum atomic E-state index is -0.195.